The number of anilines is 1. The van der Waals surface area contributed by atoms with Crippen LogP contribution in [0.15, 0.2) is 39.7 Å². The predicted molar refractivity (Wildman–Crippen MR) is 74.9 cm³/mol. The molecule has 0 amide bonds. The van der Waals surface area contributed by atoms with Crippen LogP contribution < -0.4 is 5.73 Å². The van der Waals surface area contributed by atoms with Crippen molar-refractivity contribution in [2.75, 3.05) is 5.73 Å². The van der Waals surface area contributed by atoms with E-state index in [4.69, 9.17) is 5.73 Å². The van der Waals surface area contributed by atoms with Crippen LogP contribution in [-0.4, -0.2) is 9.97 Å². The highest BCUT2D eigenvalue weighted by Crippen LogP contribution is 2.23. The third-order valence-corrected chi connectivity index (χ3v) is 3.64. The lowest BCUT2D eigenvalue weighted by molar-refractivity contribution is 1.00. The van der Waals surface area contributed by atoms with E-state index < -0.39 is 0 Å². The van der Waals surface area contributed by atoms with Crippen molar-refractivity contribution in [3.63, 3.8) is 0 Å². The third-order valence-electron chi connectivity index (χ3n) is 2.10. The molecular formula is C12H12BrN3S. The second-order valence-corrected chi connectivity index (χ2v) is 5.56. The number of nitrogen functional groups attached to an aromatic ring is 1. The lowest BCUT2D eigenvalue weighted by Crippen LogP contribution is -1.99. The average Bonchev–Trinajstić information content (AvgIpc) is 2.27. The summed E-state index contributed by atoms with van der Waals surface area (Å²) < 4.78 is 1.08. The normalized spacial score (nSPS) is 10.5. The van der Waals surface area contributed by atoms with Crippen molar-refractivity contribution in [2.45, 2.75) is 17.6 Å². The molecule has 0 aliphatic carbocycles. The van der Waals surface area contributed by atoms with Gasteiger partial charge in [0.15, 0.2) is 0 Å². The number of benzene rings is 1. The Balaban J connectivity index is 2.04. The molecule has 2 rings (SSSR count). The number of hydrogen-bond acceptors (Lipinski definition) is 4. The van der Waals surface area contributed by atoms with E-state index in [1.165, 1.54) is 4.90 Å². The zero-order valence-corrected chi connectivity index (χ0v) is 11.8. The summed E-state index contributed by atoms with van der Waals surface area (Å²) in [6.45, 7) is 1.92. The SMILES string of the molecule is Cc1cc(N)nc(CSc2ccc(Br)cc2)n1. The topological polar surface area (TPSA) is 51.8 Å². The molecule has 17 heavy (non-hydrogen) atoms. The van der Waals surface area contributed by atoms with E-state index in [2.05, 4.69) is 38.0 Å². The Morgan fingerprint density at radius 1 is 1.24 bits per heavy atom. The van der Waals surface area contributed by atoms with E-state index in [1.54, 1.807) is 17.8 Å². The number of hydrogen-bond donors (Lipinski definition) is 1. The van der Waals surface area contributed by atoms with Gasteiger partial charge in [-0.15, -0.1) is 11.8 Å². The van der Waals surface area contributed by atoms with Gasteiger partial charge in [0.1, 0.15) is 11.6 Å². The van der Waals surface area contributed by atoms with E-state index in [0.717, 1.165) is 21.7 Å². The summed E-state index contributed by atoms with van der Waals surface area (Å²) in [6, 6.07) is 9.94. The lowest BCUT2D eigenvalue weighted by Gasteiger charge is -2.03. The van der Waals surface area contributed by atoms with E-state index in [9.17, 15) is 0 Å². The zero-order chi connectivity index (χ0) is 12.3. The first kappa shape index (κ1) is 12.4. The van der Waals surface area contributed by atoms with Crippen LogP contribution in [0.2, 0.25) is 0 Å². The van der Waals surface area contributed by atoms with Gasteiger partial charge in [-0.05, 0) is 31.2 Å². The summed E-state index contributed by atoms with van der Waals surface area (Å²) in [5, 5.41) is 0. The first-order chi connectivity index (χ1) is 8.13. The van der Waals surface area contributed by atoms with E-state index in [1.807, 2.05) is 19.1 Å². The molecule has 0 bridgehead atoms. The Bertz CT molecular complexity index is 493. The number of thioether (sulfide) groups is 1. The molecule has 0 saturated carbocycles. The second-order valence-electron chi connectivity index (χ2n) is 3.59. The maximum atomic E-state index is 5.68. The number of aromatic nitrogens is 2. The van der Waals surface area contributed by atoms with Gasteiger partial charge in [0.2, 0.25) is 0 Å². The molecule has 1 aromatic heterocycles. The summed E-state index contributed by atoms with van der Waals surface area (Å²) in [6.07, 6.45) is 0. The minimum absolute atomic E-state index is 0.531. The van der Waals surface area contributed by atoms with Gasteiger partial charge in [-0.2, -0.15) is 0 Å². The van der Waals surface area contributed by atoms with E-state index >= 15 is 0 Å². The molecule has 5 heteroatoms. The molecule has 1 aromatic carbocycles. The molecule has 0 atom stereocenters. The van der Waals surface area contributed by atoms with Gasteiger partial charge in [-0.3, -0.25) is 0 Å². The quantitative estimate of drug-likeness (QED) is 0.883. The number of nitrogens with two attached hydrogens (primary N) is 1. The van der Waals surface area contributed by atoms with Crippen LogP contribution in [0, 0.1) is 6.92 Å². The molecule has 88 valence electrons. The summed E-state index contributed by atoms with van der Waals surface area (Å²) in [5.74, 6) is 2.03. The third kappa shape index (κ3) is 3.71. The fraction of sp³-hybridized carbons (Fsp3) is 0.167. The number of halogens is 1. The smallest absolute Gasteiger partial charge is 0.141 e. The maximum absolute atomic E-state index is 5.68. The van der Waals surface area contributed by atoms with Crippen LogP contribution in [0.3, 0.4) is 0 Å². The van der Waals surface area contributed by atoms with Gasteiger partial charge >= 0.3 is 0 Å². The van der Waals surface area contributed by atoms with Crippen LogP contribution in [0.1, 0.15) is 11.5 Å². The van der Waals surface area contributed by atoms with Crippen LogP contribution in [0.4, 0.5) is 5.82 Å². The van der Waals surface area contributed by atoms with Gasteiger partial charge < -0.3 is 5.73 Å². The molecule has 0 aliphatic rings. The highest BCUT2D eigenvalue weighted by molar-refractivity contribution is 9.10. The first-order valence-corrected chi connectivity index (χ1v) is 6.90. The molecule has 0 radical (unpaired) electrons. The van der Waals surface area contributed by atoms with E-state index in [-0.39, 0.29) is 0 Å². The van der Waals surface area contributed by atoms with Gasteiger partial charge in [0.25, 0.3) is 0 Å². The van der Waals surface area contributed by atoms with Crippen molar-refractivity contribution in [3.05, 3.63) is 46.3 Å². The molecular weight excluding hydrogens is 298 g/mol. The molecule has 0 spiro atoms. The Morgan fingerprint density at radius 2 is 1.94 bits per heavy atom. The highest BCUT2D eigenvalue weighted by atomic mass is 79.9. The van der Waals surface area contributed by atoms with Crippen LogP contribution in [-0.2, 0) is 5.75 Å². The number of rotatable bonds is 3. The van der Waals surface area contributed by atoms with Gasteiger partial charge in [-0.1, -0.05) is 15.9 Å². The second kappa shape index (κ2) is 5.51. The van der Waals surface area contributed by atoms with Crippen molar-refractivity contribution in [2.24, 2.45) is 0 Å². The van der Waals surface area contributed by atoms with Crippen LogP contribution in [0.5, 0.6) is 0 Å². The van der Waals surface area contributed by atoms with Crippen molar-refractivity contribution >= 4 is 33.5 Å². The molecule has 2 N–H and O–H groups in total. The largest absolute Gasteiger partial charge is 0.384 e. The Labute approximate surface area is 113 Å². The zero-order valence-electron chi connectivity index (χ0n) is 9.35. The molecule has 0 aliphatic heterocycles. The van der Waals surface area contributed by atoms with Gasteiger partial charge in [0, 0.05) is 21.1 Å². The number of nitrogens with zero attached hydrogens (tertiary/aromatic N) is 2. The predicted octanol–water partition coefficient (Wildman–Crippen LogP) is 3.42. The van der Waals surface area contributed by atoms with Crippen molar-refractivity contribution < 1.29 is 0 Å². The maximum Gasteiger partial charge on any atom is 0.141 e. The summed E-state index contributed by atoms with van der Waals surface area (Å²) >= 11 is 5.11. The molecule has 1 heterocycles. The lowest BCUT2D eigenvalue weighted by atomic mass is 10.4. The fourth-order valence-electron chi connectivity index (χ4n) is 1.40. The van der Waals surface area contributed by atoms with Gasteiger partial charge in [0.05, 0.1) is 5.75 Å². The standard InChI is InChI=1S/C12H12BrN3S/c1-8-6-11(14)16-12(15-8)7-17-10-4-2-9(13)3-5-10/h2-6H,7H2,1H3,(H2,14,15,16). The first-order valence-electron chi connectivity index (χ1n) is 5.12. The Morgan fingerprint density at radius 3 is 2.59 bits per heavy atom. The minimum Gasteiger partial charge on any atom is -0.384 e. The molecule has 0 fully saturated rings. The monoisotopic (exact) mass is 309 g/mol. The molecule has 0 unspecified atom stereocenters. The number of aryl methyl sites for hydroxylation is 1. The fourth-order valence-corrected chi connectivity index (χ4v) is 2.42. The Hall–Kier alpha value is -1.07. The van der Waals surface area contributed by atoms with Crippen molar-refractivity contribution in [1.82, 2.24) is 9.97 Å². The highest BCUT2D eigenvalue weighted by Gasteiger charge is 2.01. The summed E-state index contributed by atoms with van der Waals surface area (Å²) in [4.78, 5) is 9.74. The van der Waals surface area contributed by atoms with Crippen molar-refractivity contribution in [3.8, 4) is 0 Å². The summed E-state index contributed by atoms with van der Waals surface area (Å²) in [5.41, 5.74) is 6.59. The molecule has 2 aromatic rings. The average molecular weight is 310 g/mol. The van der Waals surface area contributed by atoms with Gasteiger partial charge in [-0.25, -0.2) is 9.97 Å². The van der Waals surface area contributed by atoms with Crippen LogP contribution in [0.25, 0.3) is 0 Å². The summed E-state index contributed by atoms with van der Waals surface area (Å²) in [7, 11) is 0. The Kier molecular flexibility index (Phi) is 4.02. The van der Waals surface area contributed by atoms with E-state index in [0.29, 0.717) is 5.82 Å². The molecule has 0 saturated heterocycles. The molecule has 3 nitrogen and oxygen atoms in total. The van der Waals surface area contributed by atoms with Crippen LogP contribution >= 0.6 is 27.7 Å². The minimum atomic E-state index is 0.531. The van der Waals surface area contributed by atoms with Crippen molar-refractivity contribution in [1.29, 1.82) is 0 Å².